The fourth-order valence-corrected chi connectivity index (χ4v) is 3.01. The van der Waals surface area contributed by atoms with Crippen LogP contribution in [0, 0.1) is 0 Å². The van der Waals surface area contributed by atoms with Crippen LogP contribution in [0.1, 0.15) is 6.42 Å². The molecule has 0 aliphatic rings. The van der Waals surface area contributed by atoms with E-state index in [4.69, 9.17) is 0 Å². The van der Waals surface area contributed by atoms with Crippen LogP contribution < -0.4 is 0 Å². The van der Waals surface area contributed by atoms with Crippen molar-refractivity contribution in [1.82, 2.24) is 0 Å². The molecule has 182 valence electrons. The number of halogens is 13. The highest BCUT2D eigenvalue weighted by atomic mass is 32.2. The van der Waals surface area contributed by atoms with Crippen LogP contribution in [0.2, 0.25) is 0 Å². The first-order valence-electron chi connectivity index (χ1n) is 7.87. The lowest BCUT2D eigenvalue weighted by molar-refractivity contribution is -0.873. The second-order valence-corrected chi connectivity index (χ2v) is 8.60. The molecular weight excluding hydrogens is 477 g/mol. The van der Waals surface area contributed by atoms with Crippen LogP contribution in [0.5, 0.6) is 0 Å². The second-order valence-electron chi connectivity index (χ2n) is 7.45. The molecule has 2 nitrogen and oxygen atoms in total. The zero-order valence-corrected chi connectivity index (χ0v) is 16.4. The highest BCUT2D eigenvalue weighted by Crippen LogP contribution is 2.60. The summed E-state index contributed by atoms with van der Waals surface area (Å²) in [7, 11) is 4.88. The molecule has 16 heteroatoms. The largest absolute Gasteiger partial charge is 0.460 e. The summed E-state index contributed by atoms with van der Waals surface area (Å²) in [5.74, 6) is -38.1. The minimum Gasteiger partial charge on any atom is -0.386 e. The normalized spacial score (nSPS) is 16.7. The number of hydrogen-bond acceptors (Lipinski definition) is 2. The Balaban J connectivity index is 5.42. The molecule has 30 heavy (non-hydrogen) atoms. The zero-order chi connectivity index (χ0) is 24.6. The zero-order valence-electron chi connectivity index (χ0n) is 15.6. The lowest BCUT2D eigenvalue weighted by atomic mass is 9.93. The summed E-state index contributed by atoms with van der Waals surface area (Å²) in [5, 5.41) is 9.59. The lowest BCUT2D eigenvalue weighted by Crippen LogP contribution is -2.70. The topological polar surface area (TPSA) is 20.2 Å². The molecule has 0 bridgehead atoms. The van der Waals surface area contributed by atoms with Crippen molar-refractivity contribution in [3.05, 3.63) is 0 Å². The van der Waals surface area contributed by atoms with Crippen molar-refractivity contribution in [1.29, 1.82) is 0 Å². The maximum Gasteiger partial charge on any atom is 0.460 e. The molecule has 0 saturated heterocycles. The van der Waals surface area contributed by atoms with Crippen LogP contribution >= 0.6 is 11.8 Å². The van der Waals surface area contributed by atoms with Gasteiger partial charge in [0.05, 0.1) is 21.1 Å². The van der Waals surface area contributed by atoms with E-state index in [1.807, 2.05) is 0 Å². The predicted molar refractivity (Wildman–Crippen MR) is 81.6 cm³/mol. The second kappa shape index (κ2) is 8.71. The number of hydrogen-bond donors (Lipinski definition) is 1. The average molecular weight is 496 g/mol. The highest BCUT2D eigenvalue weighted by Gasteiger charge is 2.90. The fourth-order valence-electron chi connectivity index (χ4n) is 2.06. The van der Waals surface area contributed by atoms with Gasteiger partial charge in [-0.05, 0) is 5.75 Å². The van der Waals surface area contributed by atoms with Gasteiger partial charge in [-0.3, -0.25) is 0 Å². The number of quaternary nitrogens is 1. The van der Waals surface area contributed by atoms with Gasteiger partial charge in [-0.25, -0.2) is 0 Å². The van der Waals surface area contributed by atoms with E-state index in [-0.39, 0.29) is 16.8 Å². The van der Waals surface area contributed by atoms with E-state index in [0.717, 1.165) is 0 Å². The van der Waals surface area contributed by atoms with E-state index in [1.165, 1.54) is 0 Å². The maximum atomic E-state index is 13.5. The minimum atomic E-state index is -7.88. The number of alkyl halides is 13. The van der Waals surface area contributed by atoms with E-state index in [1.54, 1.807) is 21.1 Å². The Kier molecular flexibility index (Phi) is 8.53. The van der Waals surface area contributed by atoms with E-state index in [2.05, 4.69) is 0 Å². The third kappa shape index (κ3) is 5.78. The fraction of sp³-hybridized carbons (Fsp3) is 1.00. The molecule has 0 aromatic carbocycles. The van der Waals surface area contributed by atoms with Gasteiger partial charge in [0.2, 0.25) is 0 Å². The van der Waals surface area contributed by atoms with Crippen molar-refractivity contribution in [2.75, 3.05) is 39.2 Å². The molecule has 1 N–H and O–H groups in total. The number of aliphatic hydroxyl groups excluding tert-OH is 1. The summed E-state index contributed by atoms with van der Waals surface area (Å²) in [6.07, 6.45) is -10.8. The van der Waals surface area contributed by atoms with Gasteiger partial charge in [0.1, 0.15) is 12.6 Å². The number of thioether (sulfide) groups is 1. The number of aliphatic hydroxyl groups is 1. The Morgan fingerprint density at radius 1 is 0.700 bits per heavy atom. The number of nitrogens with zero attached hydrogens (tertiary/aromatic N) is 1. The molecule has 0 spiro atoms. The Labute approximate surface area is 167 Å². The van der Waals surface area contributed by atoms with Crippen molar-refractivity contribution in [3.8, 4) is 0 Å². The van der Waals surface area contributed by atoms with E-state index in [9.17, 15) is 62.2 Å². The van der Waals surface area contributed by atoms with Gasteiger partial charge in [0.15, 0.2) is 0 Å². The van der Waals surface area contributed by atoms with Crippen LogP contribution in [0.3, 0.4) is 0 Å². The van der Waals surface area contributed by atoms with Crippen molar-refractivity contribution in [2.24, 2.45) is 0 Å². The molecule has 0 aliphatic carbocycles. The third-order valence-electron chi connectivity index (χ3n) is 3.63. The van der Waals surface area contributed by atoms with E-state index < -0.39 is 54.1 Å². The summed E-state index contributed by atoms with van der Waals surface area (Å²) < 4.78 is 168. The van der Waals surface area contributed by atoms with Gasteiger partial charge >= 0.3 is 35.8 Å². The van der Waals surface area contributed by atoms with Gasteiger partial charge in [-0.15, -0.1) is 0 Å². The molecule has 0 radical (unpaired) electrons. The smallest absolute Gasteiger partial charge is 0.386 e. The molecule has 1 unspecified atom stereocenters. The van der Waals surface area contributed by atoms with E-state index >= 15 is 0 Å². The molecular formula is C14H19F13NOS+. The SMILES string of the molecule is C[N+](C)(C)CC(O)CSCCC(F)(F)C(F)(F)C(F)(F)C(F)(F)C(F)(F)C(F)(F)F. The lowest BCUT2D eigenvalue weighted by Gasteiger charge is -2.39. The van der Waals surface area contributed by atoms with Gasteiger partial charge in [0, 0.05) is 12.2 Å². The number of likely N-dealkylation sites (N-methyl/N-ethyl adjacent to an activating group) is 1. The number of rotatable bonds is 11. The molecule has 0 rings (SSSR count). The van der Waals surface area contributed by atoms with Gasteiger partial charge in [-0.2, -0.15) is 68.8 Å². The Bertz CT molecular complexity index is 571. The van der Waals surface area contributed by atoms with Gasteiger partial charge in [-0.1, -0.05) is 0 Å². The first kappa shape index (κ1) is 29.4. The summed E-state index contributed by atoms with van der Waals surface area (Å²) in [5.41, 5.74) is 0. The molecule has 0 heterocycles. The van der Waals surface area contributed by atoms with Crippen LogP contribution in [-0.4, -0.2) is 90.7 Å². The van der Waals surface area contributed by atoms with Crippen molar-refractivity contribution < 1.29 is 66.7 Å². The third-order valence-corrected chi connectivity index (χ3v) is 4.74. The van der Waals surface area contributed by atoms with Crippen LogP contribution in [-0.2, 0) is 0 Å². The summed E-state index contributed by atoms with van der Waals surface area (Å²) in [6, 6.07) is 0. The molecule has 1 atom stereocenters. The van der Waals surface area contributed by atoms with Crippen LogP contribution in [0.25, 0.3) is 0 Å². The quantitative estimate of drug-likeness (QED) is 0.249. The summed E-state index contributed by atoms with van der Waals surface area (Å²) in [6.45, 7) is 0.0658. The van der Waals surface area contributed by atoms with Crippen LogP contribution in [0.4, 0.5) is 57.1 Å². The van der Waals surface area contributed by atoms with Crippen molar-refractivity contribution >= 4 is 11.8 Å². The highest BCUT2D eigenvalue weighted by molar-refractivity contribution is 7.99. The van der Waals surface area contributed by atoms with E-state index in [0.29, 0.717) is 11.8 Å². The van der Waals surface area contributed by atoms with Crippen LogP contribution in [0.15, 0.2) is 0 Å². The molecule has 0 saturated carbocycles. The molecule has 0 fully saturated rings. The standard InChI is InChI=1S/C14H19F13NOS/c1-28(2,3)6-8(29)7-30-5-4-9(15,16)10(17,18)11(19,20)12(21,22)13(23,24)14(25,26)27/h8,29H,4-7H2,1-3H3/q+1. The Morgan fingerprint density at radius 2 is 1.10 bits per heavy atom. The first-order chi connectivity index (χ1) is 12.9. The molecule has 0 aromatic heterocycles. The first-order valence-corrected chi connectivity index (χ1v) is 9.02. The molecule has 0 aliphatic heterocycles. The predicted octanol–water partition coefficient (Wildman–Crippen LogP) is 4.92. The summed E-state index contributed by atoms with van der Waals surface area (Å²) in [4.78, 5) is 0. The average Bonchev–Trinajstić information content (AvgIpc) is 2.47. The molecule has 0 amide bonds. The maximum absolute atomic E-state index is 13.5. The van der Waals surface area contributed by atoms with Gasteiger partial charge < -0.3 is 9.59 Å². The van der Waals surface area contributed by atoms with Crippen molar-refractivity contribution in [3.63, 3.8) is 0 Å². The Morgan fingerprint density at radius 3 is 1.47 bits per heavy atom. The minimum absolute atomic E-state index is 0.0658. The van der Waals surface area contributed by atoms with Crippen molar-refractivity contribution in [2.45, 2.75) is 48.3 Å². The molecule has 0 aromatic rings. The van der Waals surface area contributed by atoms with Gasteiger partial charge in [0.25, 0.3) is 0 Å². The Hall–Kier alpha value is -0.640. The monoisotopic (exact) mass is 496 g/mol. The summed E-state index contributed by atoms with van der Waals surface area (Å²) >= 11 is 0.339.